The van der Waals surface area contributed by atoms with E-state index in [1.165, 1.54) is 0 Å². The highest BCUT2D eigenvalue weighted by atomic mass is 79.9. The van der Waals surface area contributed by atoms with E-state index in [-0.39, 0.29) is 17.3 Å². The fourth-order valence-corrected chi connectivity index (χ4v) is 7.03. The highest BCUT2D eigenvalue weighted by Crippen LogP contribution is 2.54. The number of phenols is 2. The summed E-state index contributed by atoms with van der Waals surface area (Å²) in [6.45, 7) is 0. The van der Waals surface area contributed by atoms with Crippen LogP contribution in [-0.4, -0.2) is 16.0 Å². The van der Waals surface area contributed by atoms with E-state index in [4.69, 9.17) is 0 Å². The molecule has 2 N–H and O–H groups in total. The number of hydrogen-bond acceptors (Lipinski definition) is 3. The first kappa shape index (κ1) is 22.8. The molecule has 1 aliphatic carbocycles. The van der Waals surface area contributed by atoms with Crippen LogP contribution in [0.1, 0.15) is 38.2 Å². The Morgan fingerprint density at radius 2 is 0.909 bits per heavy atom. The minimum atomic E-state index is -0.904. The minimum absolute atomic E-state index is 0.0364. The SMILES string of the molecule is O=C1c2ccccc2C(c2cc(Br)c(O)c(Br)c2)(c2cc(Br)c(O)c(Br)c2)c2ccccc21. The van der Waals surface area contributed by atoms with E-state index >= 15 is 0 Å². The van der Waals surface area contributed by atoms with Gasteiger partial charge >= 0.3 is 0 Å². The zero-order valence-corrected chi connectivity index (χ0v) is 23.1. The molecule has 0 atom stereocenters. The Morgan fingerprint density at radius 3 is 1.27 bits per heavy atom. The molecule has 0 fully saturated rings. The number of phenolic OH excluding ortho intramolecular Hbond substituents is 2. The fraction of sp³-hybridized carbons (Fsp3) is 0.0385. The summed E-state index contributed by atoms with van der Waals surface area (Å²) in [4.78, 5) is 13.5. The van der Waals surface area contributed by atoms with Crippen LogP contribution in [0, 0.1) is 0 Å². The first-order valence-corrected chi connectivity index (χ1v) is 13.0. The van der Waals surface area contributed by atoms with Gasteiger partial charge in [-0.3, -0.25) is 4.79 Å². The van der Waals surface area contributed by atoms with Crippen LogP contribution in [-0.2, 0) is 5.41 Å². The highest BCUT2D eigenvalue weighted by Gasteiger charge is 2.47. The van der Waals surface area contributed by atoms with Crippen molar-refractivity contribution in [3.63, 3.8) is 0 Å². The predicted octanol–water partition coefficient (Wildman–Crippen LogP) is 8.07. The quantitative estimate of drug-likeness (QED) is 0.197. The molecule has 5 rings (SSSR count). The van der Waals surface area contributed by atoms with Crippen LogP contribution in [0.2, 0.25) is 0 Å². The van der Waals surface area contributed by atoms with E-state index in [0.717, 1.165) is 22.3 Å². The Kier molecular flexibility index (Phi) is 5.80. The molecule has 0 saturated heterocycles. The summed E-state index contributed by atoms with van der Waals surface area (Å²) in [6, 6.07) is 22.7. The molecule has 3 nitrogen and oxygen atoms in total. The van der Waals surface area contributed by atoms with E-state index in [9.17, 15) is 15.0 Å². The predicted molar refractivity (Wildman–Crippen MR) is 142 cm³/mol. The molecular formula is C26H14Br4O3. The van der Waals surface area contributed by atoms with Gasteiger partial charge in [-0.05, 0) is 110 Å². The average Bonchev–Trinajstić information content (AvgIpc) is 2.81. The van der Waals surface area contributed by atoms with Crippen molar-refractivity contribution in [2.24, 2.45) is 0 Å². The third-order valence-electron chi connectivity index (χ3n) is 6.05. The monoisotopic (exact) mass is 690 g/mol. The lowest BCUT2D eigenvalue weighted by molar-refractivity contribution is 0.103. The van der Waals surface area contributed by atoms with Crippen molar-refractivity contribution in [2.75, 3.05) is 0 Å². The summed E-state index contributed by atoms with van der Waals surface area (Å²) in [5.41, 5.74) is 3.64. The maximum atomic E-state index is 13.5. The second-order valence-corrected chi connectivity index (χ2v) is 11.2. The van der Waals surface area contributed by atoms with Gasteiger partial charge in [-0.25, -0.2) is 0 Å². The molecule has 7 heteroatoms. The lowest BCUT2D eigenvalue weighted by Crippen LogP contribution is -2.38. The fourth-order valence-electron chi connectivity index (χ4n) is 4.66. The molecule has 0 saturated carbocycles. The van der Waals surface area contributed by atoms with Crippen molar-refractivity contribution in [2.45, 2.75) is 5.41 Å². The molecule has 0 aromatic heterocycles. The largest absolute Gasteiger partial charge is 0.506 e. The Hall–Kier alpha value is -1.93. The molecule has 0 radical (unpaired) electrons. The molecule has 0 heterocycles. The van der Waals surface area contributed by atoms with Gasteiger partial charge in [-0.2, -0.15) is 0 Å². The van der Waals surface area contributed by atoms with Crippen molar-refractivity contribution in [1.29, 1.82) is 0 Å². The van der Waals surface area contributed by atoms with E-state index < -0.39 is 5.41 Å². The third-order valence-corrected chi connectivity index (χ3v) is 8.47. The molecule has 1 aliphatic rings. The number of carbonyl (C=O) groups is 1. The second-order valence-electron chi connectivity index (χ2n) is 7.75. The van der Waals surface area contributed by atoms with Gasteiger partial charge in [-0.15, -0.1) is 0 Å². The van der Waals surface area contributed by atoms with Crippen molar-refractivity contribution in [3.8, 4) is 11.5 Å². The van der Waals surface area contributed by atoms with Gasteiger partial charge in [0, 0.05) is 11.1 Å². The van der Waals surface area contributed by atoms with Crippen LogP contribution >= 0.6 is 63.7 Å². The molecule has 0 amide bonds. The number of benzene rings is 4. The molecule has 4 aromatic carbocycles. The Balaban J connectivity index is 2.04. The van der Waals surface area contributed by atoms with Gasteiger partial charge in [0.1, 0.15) is 11.5 Å². The van der Waals surface area contributed by atoms with Gasteiger partial charge in [-0.1, -0.05) is 48.5 Å². The molecular weight excluding hydrogens is 680 g/mol. The zero-order valence-electron chi connectivity index (χ0n) is 16.7. The number of ketones is 1. The molecule has 33 heavy (non-hydrogen) atoms. The van der Waals surface area contributed by atoms with E-state index in [1.54, 1.807) is 0 Å². The van der Waals surface area contributed by atoms with Crippen molar-refractivity contribution in [1.82, 2.24) is 0 Å². The molecule has 164 valence electrons. The Bertz CT molecular complexity index is 1310. The molecule has 4 aromatic rings. The number of halogens is 4. The maximum absolute atomic E-state index is 13.5. The van der Waals surface area contributed by atoms with Crippen LogP contribution in [0.3, 0.4) is 0 Å². The number of carbonyl (C=O) groups excluding carboxylic acids is 1. The number of hydrogen-bond donors (Lipinski definition) is 2. The normalized spacial score (nSPS) is 14.0. The Morgan fingerprint density at radius 1 is 0.576 bits per heavy atom. The number of fused-ring (bicyclic) bond motifs is 2. The first-order valence-electron chi connectivity index (χ1n) is 9.87. The van der Waals surface area contributed by atoms with Crippen molar-refractivity contribution >= 4 is 69.5 Å². The molecule has 0 aliphatic heterocycles. The van der Waals surface area contributed by atoms with E-state index in [0.29, 0.717) is 29.0 Å². The van der Waals surface area contributed by atoms with Gasteiger partial charge in [0.2, 0.25) is 0 Å². The summed E-state index contributed by atoms with van der Waals surface area (Å²) >= 11 is 13.9. The van der Waals surface area contributed by atoms with Crippen LogP contribution < -0.4 is 0 Å². The zero-order chi connectivity index (χ0) is 23.5. The van der Waals surface area contributed by atoms with Gasteiger partial charge in [0.05, 0.1) is 23.3 Å². The van der Waals surface area contributed by atoms with Crippen LogP contribution in [0.25, 0.3) is 0 Å². The summed E-state index contributed by atoms with van der Waals surface area (Å²) in [5, 5.41) is 20.9. The summed E-state index contributed by atoms with van der Waals surface area (Å²) in [7, 11) is 0. The lowest BCUT2D eigenvalue weighted by Gasteiger charge is -2.42. The molecule has 0 spiro atoms. The Labute approximate surface area is 224 Å². The standard InChI is InChI=1S/C26H14Br4O3/c27-19-9-13(10-20(28)24(19)32)26(14-11-21(29)25(33)22(30)12-14)17-7-3-1-5-15(17)23(31)16-6-2-4-8-18(16)26/h1-12,32-33H. The maximum Gasteiger partial charge on any atom is 0.193 e. The third kappa shape index (κ3) is 3.35. The summed E-state index contributed by atoms with van der Waals surface area (Å²) in [6.07, 6.45) is 0. The van der Waals surface area contributed by atoms with Crippen LogP contribution in [0.15, 0.2) is 90.7 Å². The van der Waals surface area contributed by atoms with Gasteiger partial charge < -0.3 is 10.2 Å². The topological polar surface area (TPSA) is 57.5 Å². The second kappa shape index (κ2) is 8.38. The smallest absolute Gasteiger partial charge is 0.193 e. The van der Waals surface area contributed by atoms with Gasteiger partial charge in [0.15, 0.2) is 5.78 Å². The van der Waals surface area contributed by atoms with Gasteiger partial charge in [0.25, 0.3) is 0 Å². The van der Waals surface area contributed by atoms with E-state index in [1.807, 2.05) is 72.8 Å². The van der Waals surface area contributed by atoms with E-state index in [2.05, 4.69) is 63.7 Å². The average molecular weight is 694 g/mol. The van der Waals surface area contributed by atoms with Crippen LogP contribution in [0.4, 0.5) is 0 Å². The number of aromatic hydroxyl groups is 2. The highest BCUT2D eigenvalue weighted by molar-refractivity contribution is 9.11. The van der Waals surface area contributed by atoms with Crippen molar-refractivity contribution in [3.05, 3.63) is 124 Å². The molecule has 0 unspecified atom stereocenters. The molecule has 0 bridgehead atoms. The minimum Gasteiger partial charge on any atom is -0.506 e. The summed E-state index contributed by atoms with van der Waals surface area (Å²) in [5.74, 6) is 0.150. The first-order chi connectivity index (χ1) is 15.8. The summed E-state index contributed by atoms with van der Waals surface area (Å²) < 4.78 is 2.09. The number of rotatable bonds is 2. The van der Waals surface area contributed by atoms with Crippen molar-refractivity contribution < 1.29 is 15.0 Å². The van der Waals surface area contributed by atoms with Crippen LogP contribution in [0.5, 0.6) is 11.5 Å². The lowest BCUT2D eigenvalue weighted by atomic mass is 9.59.